The van der Waals surface area contributed by atoms with Gasteiger partial charge in [-0.2, -0.15) is 13.2 Å². The van der Waals surface area contributed by atoms with Crippen molar-refractivity contribution in [2.24, 2.45) is 0 Å². The van der Waals surface area contributed by atoms with Crippen LogP contribution in [0.5, 0.6) is 0 Å². The first-order chi connectivity index (χ1) is 8.69. The van der Waals surface area contributed by atoms with Crippen LogP contribution >= 0.6 is 15.9 Å². The van der Waals surface area contributed by atoms with Gasteiger partial charge in [-0.15, -0.1) is 0 Å². The minimum atomic E-state index is -4.54. The number of hydrogen-bond acceptors (Lipinski definition) is 2. The zero-order valence-electron chi connectivity index (χ0n) is 9.21. The Balaban J connectivity index is 2.78. The average molecular weight is 341 g/mol. The molecule has 9 heteroatoms. The van der Waals surface area contributed by atoms with Gasteiger partial charge in [-0.05, 0) is 18.2 Å². The van der Waals surface area contributed by atoms with Crippen LogP contribution in [0.25, 0.3) is 0 Å². The highest BCUT2D eigenvalue weighted by Crippen LogP contribution is 2.21. The van der Waals surface area contributed by atoms with Crippen molar-refractivity contribution < 1.29 is 27.9 Å². The summed E-state index contributed by atoms with van der Waals surface area (Å²) in [6.07, 6.45) is -4.54. The molecule has 0 radical (unpaired) electrons. The van der Waals surface area contributed by atoms with E-state index in [4.69, 9.17) is 5.11 Å². The van der Waals surface area contributed by atoms with Gasteiger partial charge in [-0.3, -0.25) is 0 Å². The van der Waals surface area contributed by atoms with Crippen molar-refractivity contribution >= 4 is 33.6 Å². The molecule has 1 aromatic rings. The molecular formula is C10H8BrF3N2O3. The standard InChI is InChI=1S/C10H8BrF3N2O3/c11-5-1-2-6(8(17)18)7(3-5)16-9(19)15-4-10(12,13)14/h1-3H,4H2,(H,17,18)(H2,15,16,19). The summed E-state index contributed by atoms with van der Waals surface area (Å²) in [4.78, 5) is 22.1. The molecule has 3 N–H and O–H groups in total. The van der Waals surface area contributed by atoms with Crippen molar-refractivity contribution in [2.45, 2.75) is 6.18 Å². The Morgan fingerprint density at radius 3 is 2.47 bits per heavy atom. The first-order valence-corrected chi connectivity index (χ1v) is 5.63. The molecule has 2 amide bonds. The number of carbonyl (C=O) groups excluding carboxylic acids is 1. The monoisotopic (exact) mass is 340 g/mol. The number of carboxylic acid groups (broad SMARTS) is 1. The number of carboxylic acids is 1. The predicted octanol–water partition coefficient (Wildman–Crippen LogP) is 2.83. The Morgan fingerprint density at radius 2 is 1.95 bits per heavy atom. The lowest BCUT2D eigenvalue weighted by molar-refractivity contribution is -0.122. The number of nitrogens with one attached hydrogen (secondary N) is 2. The van der Waals surface area contributed by atoms with E-state index in [0.717, 1.165) is 0 Å². The largest absolute Gasteiger partial charge is 0.478 e. The highest BCUT2D eigenvalue weighted by atomic mass is 79.9. The maximum Gasteiger partial charge on any atom is 0.405 e. The topological polar surface area (TPSA) is 78.4 Å². The Hall–Kier alpha value is -1.77. The van der Waals surface area contributed by atoms with Gasteiger partial charge < -0.3 is 15.7 Å². The zero-order valence-corrected chi connectivity index (χ0v) is 10.8. The highest BCUT2D eigenvalue weighted by molar-refractivity contribution is 9.10. The minimum absolute atomic E-state index is 0.110. The van der Waals surface area contributed by atoms with Gasteiger partial charge in [0.15, 0.2) is 0 Å². The van der Waals surface area contributed by atoms with Gasteiger partial charge in [0.05, 0.1) is 11.3 Å². The third kappa shape index (κ3) is 5.16. The zero-order chi connectivity index (χ0) is 14.6. The van der Waals surface area contributed by atoms with Gasteiger partial charge in [-0.1, -0.05) is 15.9 Å². The predicted molar refractivity (Wildman–Crippen MR) is 64.2 cm³/mol. The summed E-state index contributed by atoms with van der Waals surface area (Å²) in [7, 11) is 0. The smallest absolute Gasteiger partial charge is 0.405 e. The number of amides is 2. The molecule has 104 valence electrons. The molecule has 19 heavy (non-hydrogen) atoms. The number of aromatic carboxylic acids is 1. The van der Waals surface area contributed by atoms with Crippen molar-refractivity contribution in [1.82, 2.24) is 5.32 Å². The van der Waals surface area contributed by atoms with E-state index in [1.165, 1.54) is 18.2 Å². The van der Waals surface area contributed by atoms with Gasteiger partial charge in [0.2, 0.25) is 0 Å². The number of benzene rings is 1. The van der Waals surface area contributed by atoms with Crippen molar-refractivity contribution in [1.29, 1.82) is 0 Å². The van der Waals surface area contributed by atoms with Crippen molar-refractivity contribution in [3.05, 3.63) is 28.2 Å². The normalized spacial score (nSPS) is 10.9. The maximum atomic E-state index is 11.9. The maximum absolute atomic E-state index is 11.9. The van der Waals surface area contributed by atoms with Gasteiger partial charge in [0, 0.05) is 4.47 Å². The van der Waals surface area contributed by atoms with E-state index in [1.54, 1.807) is 5.32 Å². The van der Waals surface area contributed by atoms with Crippen LogP contribution in [-0.4, -0.2) is 29.8 Å². The van der Waals surface area contributed by atoms with E-state index in [0.29, 0.717) is 4.47 Å². The Bertz CT molecular complexity index is 505. The molecule has 0 spiro atoms. The molecule has 1 rings (SSSR count). The molecule has 0 fully saturated rings. The Labute approximate surface area is 113 Å². The van der Waals surface area contributed by atoms with E-state index >= 15 is 0 Å². The average Bonchev–Trinajstić information content (AvgIpc) is 2.25. The summed E-state index contributed by atoms with van der Waals surface area (Å²) >= 11 is 3.06. The molecule has 0 unspecified atom stereocenters. The lowest BCUT2D eigenvalue weighted by atomic mass is 10.2. The Morgan fingerprint density at radius 1 is 1.32 bits per heavy atom. The summed E-state index contributed by atoms with van der Waals surface area (Å²) in [6, 6.07) is 2.78. The second kappa shape index (κ2) is 5.91. The fraction of sp³-hybridized carbons (Fsp3) is 0.200. The number of anilines is 1. The van der Waals surface area contributed by atoms with Crippen molar-refractivity contribution in [3.8, 4) is 0 Å². The summed E-state index contributed by atoms with van der Waals surface area (Å²) in [5, 5.41) is 12.5. The number of halogens is 4. The molecule has 0 saturated heterocycles. The Kier molecular flexibility index (Phi) is 4.76. The molecular weight excluding hydrogens is 333 g/mol. The van der Waals surface area contributed by atoms with Gasteiger partial charge in [0.25, 0.3) is 0 Å². The van der Waals surface area contributed by atoms with Crippen LogP contribution in [0, 0.1) is 0 Å². The van der Waals surface area contributed by atoms with E-state index in [-0.39, 0.29) is 11.3 Å². The SMILES string of the molecule is O=C(NCC(F)(F)F)Nc1cc(Br)ccc1C(=O)O. The second-order valence-corrected chi connectivity index (χ2v) is 4.33. The number of alkyl halides is 3. The fourth-order valence-corrected chi connectivity index (χ4v) is 1.51. The number of rotatable bonds is 3. The second-order valence-electron chi connectivity index (χ2n) is 3.42. The molecule has 5 nitrogen and oxygen atoms in total. The third-order valence-corrected chi connectivity index (χ3v) is 2.40. The molecule has 0 aliphatic heterocycles. The lowest BCUT2D eigenvalue weighted by Crippen LogP contribution is -2.36. The summed E-state index contributed by atoms with van der Waals surface area (Å²) < 4.78 is 36.1. The highest BCUT2D eigenvalue weighted by Gasteiger charge is 2.27. The van der Waals surface area contributed by atoms with E-state index < -0.39 is 24.7 Å². The first kappa shape index (κ1) is 15.3. The number of carbonyl (C=O) groups is 2. The van der Waals surface area contributed by atoms with Crippen LogP contribution in [0.4, 0.5) is 23.7 Å². The molecule has 0 atom stereocenters. The van der Waals surface area contributed by atoms with Crippen LogP contribution in [-0.2, 0) is 0 Å². The van der Waals surface area contributed by atoms with Gasteiger partial charge in [0.1, 0.15) is 6.54 Å². The van der Waals surface area contributed by atoms with Crippen molar-refractivity contribution in [3.63, 3.8) is 0 Å². The molecule has 0 bridgehead atoms. The molecule has 0 saturated carbocycles. The number of hydrogen-bond donors (Lipinski definition) is 3. The third-order valence-electron chi connectivity index (χ3n) is 1.91. The van der Waals surface area contributed by atoms with Crippen LogP contribution in [0.15, 0.2) is 22.7 Å². The fourth-order valence-electron chi connectivity index (χ4n) is 1.15. The summed E-state index contributed by atoms with van der Waals surface area (Å²) in [5.74, 6) is -1.31. The van der Waals surface area contributed by atoms with E-state index in [1.807, 2.05) is 5.32 Å². The summed E-state index contributed by atoms with van der Waals surface area (Å²) in [6.45, 7) is -1.50. The minimum Gasteiger partial charge on any atom is -0.478 e. The first-order valence-electron chi connectivity index (χ1n) is 4.83. The lowest BCUT2D eigenvalue weighted by Gasteiger charge is -2.11. The quantitative estimate of drug-likeness (QED) is 0.791. The van der Waals surface area contributed by atoms with Crippen molar-refractivity contribution in [2.75, 3.05) is 11.9 Å². The van der Waals surface area contributed by atoms with Gasteiger partial charge >= 0.3 is 18.2 Å². The molecule has 1 aromatic carbocycles. The van der Waals surface area contributed by atoms with Crippen LogP contribution in [0.3, 0.4) is 0 Å². The van der Waals surface area contributed by atoms with E-state index in [2.05, 4.69) is 15.9 Å². The van der Waals surface area contributed by atoms with Crippen LogP contribution in [0.1, 0.15) is 10.4 Å². The summed E-state index contributed by atoms with van der Waals surface area (Å²) in [5.41, 5.74) is -0.341. The molecule has 0 aliphatic carbocycles. The van der Waals surface area contributed by atoms with Crippen LogP contribution in [0.2, 0.25) is 0 Å². The number of urea groups is 1. The molecule has 0 aromatic heterocycles. The molecule has 0 aliphatic rings. The molecule has 0 heterocycles. The van der Waals surface area contributed by atoms with E-state index in [9.17, 15) is 22.8 Å². The van der Waals surface area contributed by atoms with Gasteiger partial charge in [-0.25, -0.2) is 9.59 Å². The van der Waals surface area contributed by atoms with Crippen LogP contribution < -0.4 is 10.6 Å².